The van der Waals surface area contributed by atoms with Crippen LogP contribution in [0.2, 0.25) is 0 Å². The second-order valence-electron chi connectivity index (χ2n) is 8.26. The molecule has 39 heavy (non-hydrogen) atoms. The summed E-state index contributed by atoms with van der Waals surface area (Å²) in [6.07, 6.45) is 1.44. The number of aromatic nitrogens is 1. The molecule has 0 amide bonds. The second kappa shape index (κ2) is 11.0. The van der Waals surface area contributed by atoms with Crippen molar-refractivity contribution in [3.8, 4) is 23.0 Å². The number of allylic oxidation sites excluding steroid dienone is 1. The van der Waals surface area contributed by atoms with Crippen molar-refractivity contribution in [3.05, 3.63) is 82.5 Å². The fraction of sp³-hybridized carbons (Fsp3) is 0.269. The maximum Gasteiger partial charge on any atom is 0.338 e. The maximum atomic E-state index is 13.8. The van der Waals surface area contributed by atoms with Gasteiger partial charge in [-0.05, 0) is 43.7 Å². The predicted octanol–water partition coefficient (Wildman–Crippen LogP) is 2.44. The van der Waals surface area contributed by atoms with Crippen LogP contribution in [-0.2, 0) is 9.53 Å². The molecule has 12 nitrogen and oxygen atoms in total. The van der Waals surface area contributed by atoms with Gasteiger partial charge in [0.25, 0.3) is 5.56 Å². The number of thiazole rings is 1. The predicted molar refractivity (Wildman–Crippen MR) is 141 cm³/mol. The Balaban J connectivity index is 2.00. The van der Waals surface area contributed by atoms with Gasteiger partial charge in [-0.15, -0.1) is 0 Å². The van der Waals surface area contributed by atoms with Crippen molar-refractivity contribution in [2.45, 2.75) is 19.9 Å². The molecule has 13 heteroatoms. The molecule has 3 aromatic rings. The Bertz CT molecular complexity index is 1690. The van der Waals surface area contributed by atoms with Gasteiger partial charge in [-0.3, -0.25) is 19.5 Å². The molecule has 1 atom stereocenters. The van der Waals surface area contributed by atoms with Crippen molar-refractivity contribution < 1.29 is 33.8 Å². The Hall–Kier alpha value is -4.65. The van der Waals surface area contributed by atoms with E-state index in [0.717, 1.165) is 17.4 Å². The number of nitrogens with zero attached hydrogens (tertiary/aromatic N) is 3. The molecule has 1 aliphatic rings. The number of ether oxygens (including phenoxy) is 4. The number of hydrogen-bond donors (Lipinski definition) is 1. The summed E-state index contributed by atoms with van der Waals surface area (Å²) in [6.45, 7) is 3.45. The number of phenols is 1. The number of hydrogen-bond acceptors (Lipinski definition) is 11. The van der Waals surface area contributed by atoms with Crippen molar-refractivity contribution >= 4 is 29.1 Å². The summed E-state index contributed by atoms with van der Waals surface area (Å²) in [5, 5.41) is 21.6. The first-order valence-electron chi connectivity index (χ1n) is 11.6. The van der Waals surface area contributed by atoms with Crippen LogP contribution in [0.15, 0.2) is 51.4 Å². The summed E-state index contributed by atoms with van der Waals surface area (Å²) in [7, 11) is 4.24. The zero-order chi connectivity index (χ0) is 28.4. The number of fused-ring (bicyclic) bond motifs is 1. The lowest BCUT2D eigenvalue weighted by atomic mass is 9.95. The van der Waals surface area contributed by atoms with Crippen LogP contribution in [0.5, 0.6) is 23.0 Å². The van der Waals surface area contributed by atoms with E-state index in [2.05, 4.69) is 4.99 Å². The molecule has 0 aliphatic carbocycles. The third-order valence-corrected chi connectivity index (χ3v) is 7.03. The normalized spacial score (nSPS) is 14.9. The van der Waals surface area contributed by atoms with Crippen molar-refractivity contribution in [1.82, 2.24) is 4.57 Å². The van der Waals surface area contributed by atoms with E-state index in [4.69, 9.17) is 18.9 Å². The second-order valence-corrected chi connectivity index (χ2v) is 9.27. The quantitative estimate of drug-likeness (QED) is 0.251. The molecule has 1 aromatic heterocycles. The zero-order valence-electron chi connectivity index (χ0n) is 21.7. The van der Waals surface area contributed by atoms with Crippen LogP contribution in [-0.4, -0.2) is 48.5 Å². The highest BCUT2D eigenvalue weighted by molar-refractivity contribution is 7.07. The average Bonchev–Trinajstić information content (AvgIpc) is 3.22. The van der Waals surface area contributed by atoms with Crippen LogP contribution in [0.4, 0.5) is 5.69 Å². The van der Waals surface area contributed by atoms with E-state index in [1.54, 1.807) is 32.0 Å². The van der Waals surface area contributed by atoms with E-state index in [0.29, 0.717) is 27.6 Å². The summed E-state index contributed by atoms with van der Waals surface area (Å²) in [6, 6.07) is 6.60. The third-order valence-electron chi connectivity index (χ3n) is 6.04. The van der Waals surface area contributed by atoms with E-state index in [1.807, 2.05) is 0 Å². The highest BCUT2D eigenvalue weighted by Crippen LogP contribution is 2.38. The van der Waals surface area contributed by atoms with E-state index in [9.17, 15) is 24.8 Å². The topological polar surface area (TPSA) is 152 Å². The Kier molecular flexibility index (Phi) is 7.72. The first-order chi connectivity index (χ1) is 18.6. The van der Waals surface area contributed by atoms with Crippen LogP contribution in [0.3, 0.4) is 0 Å². The molecule has 0 saturated heterocycles. The molecule has 1 N–H and O–H groups in total. The molecule has 2 heterocycles. The van der Waals surface area contributed by atoms with Crippen molar-refractivity contribution in [2.75, 3.05) is 27.9 Å². The molecule has 0 fully saturated rings. The fourth-order valence-corrected chi connectivity index (χ4v) is 5.32. The van der Waals surface area contributed by atoms with Gasteiger partial charge in [-0.25, -0.2) is 9.79 Å². The Labute approximate surface area is 225 Å². The zero-order valence-corrected chi connectivity index (χ0v) is 22.5. The molecule has 0 saturated carbocycles. The number of benzene rings is 2. The standard InChI is InChI=1S/C26H25N3O9S/c1-6-38-25(32)21-13(2)27-26-28(22(21)16-8-7-15(35-3)12-18(16)36-4)24(31)20(39-26)11-14-9-17(29(33)34)23(30)19(10-14)37-5/h7-12,22,30H,6H2,1-5H3/b20-11-/t22-/m0/s1. The van der Waals surface area contributed by atoms with E-state index >= 15 is 0 Å². The van der Waals surface area contributed by atoms with Gasteiger partial charge >= 0.3 is 11.7 Å². The van der Waals surface area contributed by atoms with Gasteiger partial charge in [0.2, 0.25) is 5.75 Å². The van der Waals surface area contributed by atoms with Gasteiger partial charge in [0, 0.05) is 17.7 Å². The van der Waals surface area contributed by atoms with Crippen LogP contribution in [0.1, 0.15) is 31.0 Å². The molecule has 2 aromatic carbocycles. The number of esters is 1. The van der Waals surface area contributed by atoms with Crippen LogP contribution < -0.4 is 29.1 Å². The van der Waals surface area contributed by atoms with Gasteiger partial charge in [-0.2, -0.15) is 0 Å². The Morgan fingerprint density at radius 3 is 2.51 bits per heavy atom. The van der Waals surface area contributed by atoms with Crippen LogP contribution in [0, 0.1) is 10.1 Å². The highest BCUT2D eigenvalue weighted by Gasteiger charge is 2.35. The number of carbonyl (C=O) groups is 1. The highest BCUT2D eigenvalue weighted by atomic mass is 32.1. The first kappa shape index (κ1) is 27.4. The molecular weight excluding hydrogens is 530 g/mol. The lowest BCUT2D eigenvalue weighted by Gasteiger charge is -2.26. The summed E-state index contributed by atoms with van der Waals surface area (Å²) in [5.74, 6) is -0.477. The van der Waals surface area contributed by atoms with Gasteiger partial charge in [0.1, 0.15) is 17.5 Å². The SMILES string of the molecule is CCOC(=O)C1=C(C)N=c2s/c(=C\c3cc(OC)c(O)c([N+](=O)[O-])c3)c(=O)n2[C@H]1c1ccc(OC)cc1OC. The number of phenolic OH excluding ortho intramolecular Hbond substituents is 1. The van der Waals surface area contributed by atoms with E-state index in [1.165, 1.54) is 38.0 Å². The fourth-order valence-electron chi connectivity index (χ4n) is 4.27. The minimum Gasteiger partial charge on any atom is -0.500 e. The number of methoxy groups -OCH3 is 3. The van der Waals surface area contributed by atoms with Gasteiger partial charge in [0.05, 0.1) is 48.7 Å². The number of aromatic hydroxyl groups is 1. The molecular formula is C26H25N3O9S. The number of carbonyl (C=O) groups excluding carboxylic acids is 1. The monoisotopic (exact) mass is 555 g/mol. The smallest absolute Gasteiger partial charge is 0.338 e. The van der Waals surface area contributed by atoms with Gasteiger partial charge in [0.15, 0.2) is 10.6 Å². The van der Waals surface area contributed by atoms with Crippen molar-refractivity contribution in [3.63, 3.8) is 0 Å². The molecule has 0 radical (unpaired) electrons. The lowest BCUT2D eigenvalue weighted by Crippen LogP contribution is -2.40. The number of nitro groups is 1. The minimum absolute atomic E-state index is 0.119. The Morgan fingerprint density at radius 1 is 1.18 bits per heavy atom. The minimum atomic E-state index is -0.938. The molecule has 0 bridgehead atoms. The molecule has 4 rings (SSSR count). The summed E-state index contributed by atoms with van der Waals surface area (Å²) >= 11 is 1.04. The largest absolute Gasteiger partial charge is 0.500 e. The lowest BCUT2D eigenvalue weighted by molar-refractivity contribution is -0.386. The molecule has 204 valence electrons. The average molecular weight is 556 g/mol. The maximum absolute atomic E-state index is 13.8. The summed E-state index contributed by atoms with van der Waals surface area (Å²) < 4.78 is 22.8. The summed E-state index contributed by atoms with van der Waals surface area (Å²) in [4.78, 5) is 42.5. The van der Waals surface area contributed by atoms with E-state index < -0.39 is 33.9 Å². The van der Waals surface area contributed by atoms with Gasteiger partial charge in [-0.1, -0.05) is 11.3 Å². The van der Waals surface area contributed by atoms with Crippen molar-refractivity contribution in [2.24, 2.45) is 4.99 Å². The first-order valence-corrected chi connectivity index (χ1v) is 12.4. The van der Waals surface area contributed by atoms with Crippen molar-refractivity contribution in [1.29, 1.82) is 0 Å². The summed E-state index contributed by atoms with van der Waals surface area (Å²) in [5.41, 5.74) is 0.222. The molecule has 0 unspecified atom stereocenters. The van der Waals surface area contributed by atoms with Crippen LogP contribution in [0.25, 0.3) is 6.08 Å². The number of nitro benzene ring substituents is 1. The third kappa shape index (κ3) is 4.95. The van der Waals surface area contributed by atoms with Crippen LogP contribution >= 0.6 is 11.3 Å². The Morgan fingerprint density at radius 2 is 1.90 bits per heavy atom. The molecule has 1 aliphatic heterocycles. The molecule has 0 spiro atoms. The van der Waals surface area contributed by atoms with Gasteiger partial charge < -0.3 is 24.1 Å². The number of rotatable bonds is 8. The van der Waals surface area contributed by atoms with E-state index in [-0.39, 0.29) is 28.0 Å².